The lowest BCUT2D eigenvalue weighted by Crippen LogP contribution is -2.60. The molecule has 28 heavy (non-hydrogen) atoms. The largest absolute Gasteiger partial charge is 0.463 e. The van der Waals surface area contributed by atoms with Gasteiger partial charge in [-0.15, -0.1) is 0 Å². The van der Waals surface area contributed by atoms with E-state index in [-0.39, 0.29) is 19.4 Å². The molecule has 0 N–H and O–H groups in total. The molecule has 1 saturated heterocycles. The Morgan fingerprint density at radius 1 is 1.18 bits per heavy atom. The average molecular weight is 395 g/mol. The highest BCUT2D eigenvalue weighted by Gasteiger charge is 2.63. The summed E-state index contributed by atoms with van der Waals surface area (Å²) >= 11 is 0. The molecule has 5 rings (SSSR count). The number of carbonyl (C=O) groups excluding carboxylic acids is 3. The van der Waals surface area contributed by atoms with E-state index in [2.05, 4.69) is 0 Å². The number of carbonyl (C=O) groups is 3. The zero-order chi connectivity index (χ0) is 19.4. The van der Waals surface area contributed by atoms with Crippen LogP contribution in [0.15, 0.2) is 0 Å². The second-order valence-corrected chi connectivity index (χ2v) is 9.90. The predicted octanol–water partition coefficient (Wildman–Crippen LogP) is 3.80. The van der Waals surface area contributed by atoms with Crippen molar-refractivity contribution in [3.63, 3.8) is 0 Å². The molecule has 0 radical (unpaired) electrons. The number of esters is 3. The minimum Gasteiger partial charge on any atom is -0.463 e. The molecular formula is C22H34O6. The van der Waals surface area contributed by atoms with E-state index in [0.717, 1.165) is 32.1 Å². The lowest BCUT2D eigenvalue weighted by molar-refractivity contribution is -0.219. The second-order valence-electron chi connectivity index (χ2n) is 9.90. The maximum absolute atomic E-state index is 13.1. The number of ether oxygens (including phenoxy) is 3. The molecule has 3 atom stereocenters. The molecule has 0 aromatic rings. The first-order valence-electron chi connectivity index (χ1n) is 10.3. The van der Waals surface area contributed by atoms with Crippen LogP contribution in [0.2, 0.25) is 0 Å². The Hall–Kier alpha value is -1.59. The van der Waals surface area contributed by atoms with Crippen molar-refractivity contribution in [1.29, 1.82) is 0 Å². The van der Waals surface area contributed by atoms with Crippen molar-refractivity contribution in [3.05, 3.63) is 0 Å². The summed E-state index contributed by atoms with van der Waals surface area (Å²) in [6, 6.07) is 0. The molecule has 0 aromatic heterocycles. The van der Waals surface area contributed by atoms with Crippen LogP contribution in [-0.2, 0) is 28.6 Å². The maximum atomic E-state index is 13.1. The predicted molar refractivity (Wildman–Crippen MR) is 102 cm³/mol. The second kappa shape index (κ2) is 7.03. The van der Waals surface area contributed by atoms with E-state index in [1.54, 1.807) is 0 Å². The van der Waals surface area contributed by atoms with Crippen LogP contribution in [0.4, 0.5) is 0 Å². The van der Waals surface area contributed by atoms with Crippen LogP contribution < -0.4 is 0 Å². The van der Waals surface area contributed by atoms with Crippen LogP contribution in [0.1, 0.15) is 79.6 Å². The van der Waals surface area contributed by atoms with Crippen molar-refractivity contribution >= 4 is 17.9 Å². The topological polar surface area (TPSA) is 78.9 Å². The Balaban J connectivity index is 0.00000225. The number of rotatable bonds is 5. The van der Waals surface area contributed by atoms with Gasteiger partial charge in [-0.3, -0.25) is 9.59 Å². The summed E-state index contributed by atoms with van der Waals surface area (Å²) in [6.07, 6.45) is 5.23. The first kappa shape index (κ1) is 21.1. The van der Waals surface area contributed by atoms with Crippen LogP contribution >= 0.6 is 0 Å². The molecular weight excluding hydrogens is 360 g/mol. The Kier molecular flexibility index (Phi) is 5.30. The summed E-state index contributed by atoms with van der Waals surface area (Å²) in [5, 5.41) is 0. The van der Waals surface area contributed by atoms with E-state index < -0.39 is 28.5 Å². The molecule has 158 valence electrons. The molecule has 5 fully saturated rings. The third kappa shape index (κ3) is 3.43. The van der Waals surface area contributed by atoms with Gasteiger partial charge in [-0.1, -0.05) is 14.4 Å². The van der Waals surface area contributed by atoms with Gasteiger partial charge in [0.15, 0.2) is 0 Å². The maximum Gasteiger partial charge on any atom is 0.347 e. The van der Waals surface area contributed by atoms with Crippen LogP contribution in [-0.4, -0.2) is 36.2 Å². The third-order valence-corrected chi connectivity index (χ3v) is 7.32. The monoisotopic (exact) mass is 394 g/mol. The molecule has 6 heteroatoms. The summed E-state index contributed by atoms with van der Waals surface area (Å²) in [4.78, 5) is 37.6. The summed E-state index contributed by atoms with van der Waals surface area (Å²) in [6.45, 7) is 6.11. The lowest BCUT2D eigenvalue weighted by atomic mass is 9.48. The zero-order valence-electron chi connectivity index (χ0n) is 16.5. The molecule has 4 bridgehead atoms. The number of hydrogen-bond donors (Lipinski definition) is 0. The third-order valence-electron chi connectivity index (χ3n) is 7.32. The number of hydrogen-bond acceptors (Lipinski definition) is 6. The smallest absolute Gasteiger partial charge is 0.347 e. The first-order chi connectivity index (χ1) is 12.7. The van der Waals surface area contributed by atoms with Crippen molar-refractivity contribution in [2.45, 2.75) is 91.3 Å². The molecule has 3 unspecified atom stereocenters. The van der Waals surface area contributed by atoms with E-state index in [1.165, 1.54) is 0 Å². The quantitative estimate of drug-likeness (QED) is 0.521. The van der Waals surface area contributed by atoms with Gasteiger partial charge in [-0.25, -0.2) is 4.79 Å². The van der Waals surface area contributed by atoms with E-state index in [4.69, 9.17) is 14.2 Å². The minimum atomic E-state index is -0.775. The van der Waals surface area contributed by atoms with E-state index in [0.29, 0.717) is 37.7 Å². The Bertz CT molecular complexity index is 652. The van der Waals surface area contributed by atoms with E-state index in [9.17, 15) is 14.4 Å². The van der Waals surface area contributed by atoms with Gasteiger partial charge in [-0.05, 0) is 64.2 Å². The van der Waals surface area contributed by atoms with Gasteiger partial charge in [-0.2, -0.15) is 0 Å². The van der Waals surface area contributed by atoms with Crippen LogP contribution in [0, 0.1) is 22.7 Å². The minimum absolute atomic E-state index is 0. The SMILES string of the molecule is C.CCC(C)(C)C(=O)OC12CC3CC(C1)CC(C(=O)OC1CCOC1=O)(C3)C2. The molecule has 5 aliphatic rings. The van der Waals surface area contributed by atoms with Gasteiger partial charge in [0.05, 0.1) is 17.4 Å². The highest BCUT2D eigenvalue weighted by Crippen LogP contribution is 2.63. The lowest BCUT2D eigenvalue weighted by Gasteiger charge is -2.60. The van der Waals surface area contributed by atoms with Crippen molar-refractivity contribution in [3.8, 4) is 0 Å². The van der Waals surface area contributed by atoms with Crippen molar-refractivity contribution in [2.24, 2.45) is 22.7 Å². The summed E-state index contributed by atoms with van der Waals surface area (Å²) in [5.74, 6) is -0.150. The molecule has 0 aromatic carbocycles. The van der Waals surface area contributed by atoms with Crippen molar-refractivity contribution in [1.82, 2.24) is 0 Å². The molecule has 0 amide bonds. The van der Waals surface area contributed by atoms with Gasteiger partial charge >= 0.3 is 17.9 Å². The standard InChI is InChI=1S/C21H30O6.CH4/c1-4-19(2,3)17(23)27-21-10-13-7-14(11-21)9-20(8-13,12-21)18(24)26-15-5-6-25-16(15)22;/h13-15H,4-12H2,1-3H3;1H4. The van der Waals surface area contributed by atoms with Gasteiger partial charge in [0.1, 0.15) is 5.60 Å². The van der Waals surface area contributed by atoms with Crippen molar-refractivity contribution in [2.75, 3.05) is 6.61 Å². The fourth-order valence-electron chi connectivity index (χ4n) is 5.85. The molecule has 4 aliphatic carbocycles. The van der Waals surface area contributed by atoms with Gasteiger partial charge < -0.3 is 14.2 Å². The Labute approximate surface area is 167 Å². The molecule has 4 saturated carbocycles. The fourth-order valence-corrected chi connectivity index (χ4v) is 5.85. The van der Waals surface area contributed by atoms with Crippen LogP contribution in [0.5, 0.6) is 0 Å². The highest BCUT2D eigenvalue weighted by atomic mass is 16.6. The average Bonchev–Trinajstić information content (AvgIpc) is 2.98. The highest BCUT2D eigenvalue weighted by molar-refractivity contribution is 5.84. The first-order valence-corrected chi connectivity index (χ1v) is 10.3. The van der Waals surface area contributed by atoms with Crippen LogP contribution in [0.25, 0.3) is 0 Å². The molecule has 1 aliphatic heterocycles. The van der Waals surface area contributed by atoms with Crippen LogP contribution in [0.3, 0.4) is 0 Å². The fraction of sp³-hybridized carbons (Fsp3) is 0.864. The zero-order valence-corrected chi connectivity index (χ0v) is 16.5. The molecule has 6 nitrogen and oxygen atoms in total. The van der Waals surface area contributed by atoms with Gasteiger partial charge in [0, 0.05) is 12.8 Å². The summed E-state index contributed by atoms with van der Waals surface area (Å²) in [7, 11) is 0. The molecule has 0 spiro atoms. The molecule has 1 heterocycles. The normalized spacial score (nSPS) is 38.5. The Morgan fingerprint density at radius 3 is 2.36 bits per heavy atom. The number of cyclic esters (lactones) is 1. The van der Waals surface area contributed by atoms with E-state index in [1.807, 2.05) is 20.8 Å². The van der Waals surface area contributed by atoms with Gasteiger partial charge in [0.25, 0.3) is 0 Å². The Morgan fingerprint density at radius 2 is 1.82 bits per heavy atom. The van der Waals surface area contributed by atoms with Crippen molar-refractivity contribution < 1.29 is 28.6 Å². The summed E-state index contributed by atoms with van der Waals surface area (Å²) in [5.41, 5.74) is -1.70. The van der Waals surface area contributed by atoms with Gasteiger partial charge in [0.2, 0.25) is 6.10 Å². The summed E-state index contributed by atoms with van der Waals surface area (Å²) < 4.78 is 16.6. The van der Waals surface area contributed by atoms with E-state index >= 15 is 0 Å².